The molecule has 33 heavy (non-hydrogen) atoms. The van der Waals surface area contributed by atoms with Crippen molar-refractivity contribution in [2.24, 2.45) is 5.41 Å². The topological polar surface area (TPSA) is 107 Å². The molecule has 0 bridgehead atoms. The van der Waals surface area contributed by atoms with Gasteiger partial charge in [0.25, 0.3) is 5.56 Å². The number of piperidine rings is 1. The van der Waals surface area contributed by atoms with Gasteiger partial charge in [0.05, 0.1) is 21.8 Å². The Labute approximate surface area is 206 Å². The number of fused-ring (bicyclic) bond motifs is 2. The van der Waals surface area contributed by atoms with E-state index in [-0.39, 0.29) is 22.8 Å². The van der Waals surface area contributed by atoms with E-state index in [2.05, 4.69) is 29.8 Å². The first-order valence-electron chi connectivity index (χ1n) is 10.9. The molecule has 0 saturated carbocycles. The molecule has 0 amide bonds. The Bertz CT molecular complexity index is 1310. The van der Waals surface area contributed by atoms with E-state index in [1.54, 1.807) is 6.07 Å². The normalized spacial score (nSPS) is 21.0. The van der Waals surface area contributed by atoms with E-state index in [4.69, 9.17) is 0 Å². The van der Waals surface area contributed by atoms with Crippen LogP contribution in [0.25, 0.3) is 11.0 Å². The second kappa shape index (κ2) is 8.12. The fourth-order valence-corrected chi connectivity index (χ4v) is 6.50. The third-order valence-electron chi connectivity index (χ3n) is 6.78. The summed E-state index contributed by atoms with van der Waals surface area (Å²) in [5.41, 5.74) is 2.02. The van der Waals surface area contributed by atoms with Crippen molar-refractivity contribution >= 4 is 50.6 Å². The number of H-pyrrole nitrogens is 2. The number of halogens is 2. The Kier molecular flexibility index (Phi) is 5.64. The first kappa shape index (κ1) is 22.9. The largest absolute Gasteiger partial charge is 0.342 e. The molecule has 0 radical (unpaired) electrons. The summed E-state index contributed by atoms with van der Waals surface area (Å²) in [6.07, 6.45) is 2.39. The number of aromatic amines is 2. The van der Waals surface area contributed by atoms with Crippen LogP contribution in [-0.2, 0) is 17.4 Å². The molecule has 1 aromatic carbocycles. The molecule has 1 aliphatic carbocycles. The molecule has 1 spiro atoms. The molecule has 2 aliphatic rings. The van der Waals surface area contributed by atoms with Crippen LogP contribution < -0.4 is 15.2 Å². The molecular weight excluding hydrogens is 558 g/mol. The first-order valence-corrected chi connectivity index (χ1v) is 13.2. The summed E-state index contributed by atoms with van der Waals surface area (Å²) in [7, 11) is -1.29. The minimum atomic E-state index is -1.29. The predicted molar refractivity (Wildman–Crippen MR) is 135 cm³/mol. The van der Waals surface area contributed by atoms with Crippen molar-refractivity contribution in [3.63, 3.8) is 0 Å². The van der Waals surface area contributed by atoms with E-state index in [0.717, 1.165) is 30.4 Å². The Hall–Kier alpha value is -1.86. The number of rotatable bonds is 3. The van der Waals surface area contributed by atoms with Crippen LogP contribution in [0.15, 0.2) is 23.0 Å². The number of benzene rings is 1. The minimum absolute atomic E-state index is 0.181. The standard InChI is InChI=1S/C22H26FIN6O2S/c1-21(2,3)33(32)29-16-14-10-13(23)5-4-12(14)11-22(16)6-8-30(9-7-22)20-25-18-15(19(31)26-20)17(24)27-28-18/h4-5,10,16,29H,6-9,11H2,1-3H3,(H2,25,26,27,28,31)/t16-,33-/m1/s1. The lowest BCUT2D eigenvalue weighted by Gasteiger charge is -2.44. The van der Waals surface area contributed by atoms with Gasteiger partial charge in [-0.25, -0.2) is 13.3 Å². The average Bonchev–Trinajstić information content (AvgIpc) is 3.26. The fourth-order valence-electron chi connectivity index (χ4n) is 4.94. The fraction of sp³-hybridized carbons (Fsp3) is 0.500. The van der Waals surface area contributed by atoms with Gasteiger partial charge in [-0.15, -0.1) is 0 Å². The molecule has 1 aliphatic heterocycles. The summed E-state index contributed by atoms with van der Waals surface area (Å²) in [5, 5.41) is 7.41. The Morgan fingerprint density at radius 2 is 2.03 bits per heavy atom. The molecule has 2 atom stereocenters. The number of nitrogens with zero attached hydrogens (tertiary/aromatic N) is 3. The highest BCUT2D eigenvalue weighted by Gasteiger charge is 2.49. The highest BCUT2D eigenvalue weighted by molar-refractivity contribution is 14.1. The quantitative estimate of drug-likeness (QED) is 0.410. The van der Waals surface area contributed by atoms with Crippen molar-refractivity contribution in [3.05, 3.63) is 49.2 Å². The number of hydrogen-bond acceptors (Lipinski definition) is 5. The molecule has 1 saturated heterocycles. The molecule has 5 rings (SSSR count). The zero-order valence-corrected chi connectivity index (χ0v) is 21.6. The lowest BCUT2D eigenvalue weighted by molar-refractivity contribution is 0.177. The van der Waals surface area contributed by atoms with Gasteiger partial charge in [-0.2, -0.15) is 10.1 Å². The summed E-state index contributed by atoms with van der Waals surface area (Å²) in [5.74, 6) is 0.231. The molecule has 2 aromatic heterocycles. The zero-order valence-electron chi connectivity index (χ0n) is 18.7. The maximum atomic E-state index is 14.2. The Morgan fingerprint density at radius 3 is 2.73 bits per heavy atom. The van der Waals surface area contributed by atoms with E-state index in [0.29, 0.717) is 33.8 Å². The third kappa shape index (κ3) is 4.01. The maximum Gasteiger partial charge on any atom is 0.264 e. The molecule has 176 valence electrons. The Morgan fingerprint density at radius 1 is 1.30 bits per heavy atom. The summed E-state index contributed by atoms with van der Waals surface area (Å²) in [6, 6.07) is 4.74. The summed E-state index contributed by atoms with van der Waals surface area (Å²) < 4.78 is 30.8. The van der Waals surface area contributed by atoms with Crippen molar-refractivity contribution in [1.82, 2.24) is 24.9 Å². The van der Waals surface area contributed by atoms with E-state index >= 15 is 0 Å². The van der Waals surface area contributed by atoms with Crippen LogP contribution in [0.3, 0.4) is 0 Å². The van der Waals surface area contributed by atoms with Gasteiger partial charge in [0.15, 0.2) is 5.65 Å². The molecule has 11 heteroatoms. The molecule has 3 heterocycles. The Balaban J connectivity index is 1.43. The highest BCUT2D eigenvalue weighted by atomic mass is 127. The monoisotopic (exact) mass is 584 g/mol. The van der Waals surface area contributed by atoms with Gasteiger partial charge in [-0.1, -0.05) is 6.07 Å². The average molecular weight is 584 g/mol. The van der Waals surface area contributed by atoms with E-state index in [9.17, 15) is 13.4 Å². The van der Waals surface area contributed by atoms with Crippen LogP contribution >= 0.6 is 22.6 Å². The second-order valence-electron chi connectivity index (χ2n) is 9.93. The van der Waals surface area contributed by atoms with Crippen LogP contribution in [0.1, 0.15) is 50.8 Å². The molecule has 0 unspecified atom stereocenters. The number of hydrogen-bond donors (Lipinski definition) is 3. The lowest BCUT2D eigenvalue weighted by Crippen LogP contribution is -2.48. The van der Waals surface area contributed by atoms with Gasteiger partial charge in [-0.05, 0) is 91.3 Å². The van der Waals surface area contributed by atoms with Gasteiger partial charge in [0, 0.05) is 13.1 Å². The molecule has 3 N–H and O–H groups in total. The van der Waals surface area contributed by atoms with Crippen molar-refractivity contribution < 1.29 is 8.60 Å². The number of anilines is 1. The SMILES string of the molecule is CC(C)(C)[S@@](=O)N[C@@H]1c2cc(F)ccc2CC12CCN(c1nc3n[nH]c(I)c3c(=O)[nH]1)CC2. The third-order valence-corrected chi connectivity index (χ3v) is 9.12. The maximum absolute atomic E-state index is 14.2. The minimum Gasteiger partial charge on any atom is -0.342 e. The molecule has 8 nitrogen and oxygen atoms in total. The molecule has 3 aromatic rings. The summed E-state index contributed by atoms with van der Waals surface area (Å²) in [4.78, 5) is 22.1. The van der Waals surface area contributed by atoms with Gasteiger partial charge < -0.3 is 4.90 Å². The number of nitrogens with one attached hydrogen (secondary N) is 3. The lowest BCUT2D eigenvalue weighted by atomic mass is 9.73. The number of aromatic nitrogens is 4. The molecular formula is C22H26FIN6O2S. The van der Waals surface area contributed by atoms with Crippen molar-refractivity contribution in [2.45, 2.75) is 50.8 Å². The van der Waals surface area contributed by atoms with E-state index < -0.39 is 15.7 Å². The summed E-state index contributed by atoms with van der Waals surface area (Å²) >= 11 is 2.04. The second-order valence-corrected chi connectivity index (χ2v) is 13.0. The predicted octanol–water partition coefficient (Wildman–Crippen LogP) is 3.33. The first-order chi connectivity index (χ1) is 15.6. The van der Waals surface area contributed by atoms with Crippen LogP contribution in [-0.4, -0.2) is 42.2 Å². The highest BCUT2D eigenvalue weighted by Crippen LogP contribution is 2.52. The van der Waals surface area contributed by atoms with Crippen molar-refractivity contribution in [2.75, 3.05) is 18.0 Å². The zero-order chi connectivity index (χ0) is 23.5. The van der Waals surface area contributed by atoms with E-state index in [1.165, 1.54) is 6.07 Å². The van der Waals surface area contributed by atoms with Gasteiger partial charge in [0.1, 0.15) is 14.9 Å². The van der Waals surface area contributed by atoms with Crippen molar-refractivity contribution in [1.29, 1.82) is 0 Å². The van der Waals surface area contributed by atoms with Crippen molar-refractivity contribution in [3.8, 4) is 0 Å². The molecule has 1 fully saturated rings. The summed E-state index contributed by atoms with van der Waals surface area (Å²) in [6.45, 7) is 7.14. The van der Waals surface area contributed by atoms with Gasteiger partial charge >= 0.3 is 0 Å². The van der Waals surface area contributed by atoms with Crippen LogP contribution in [0.4, 0.5) is 10.3 Å². The van der Waals surface area contributed by atoms with Gasteiger partial charge in [-0.3, -0.25) is 14.9 Å². The van der Waals surface area contributed by atoms with E-state index in [1.807, 2.05) is 49.4 Å². The van der Waals surface area contributed by atoms with Gasteiger partial charge in [0.2, 0.25) is 5.95 Å². The smallest absolute Gasteiger partial charge is 0.264 e. The van der Waals surface area contributed by atoms with Crippen LogP contribution in [0.2, 0.25) is 0 Å². The van der Waals surface area contributed by atoms with Crippen LogP contribution in [0.5, 0.6) is 0 Å². The van der Waals surface area contributed by atoms with Crippen LogP contribution in [0, 0.1) is 14.9 Å².